The number of nitrogens with one attached hydrogen (secondary N) is 1. The maximum Gasteiger partial charge on any atom is 0.184 e. The van der Waals surface area contributed by atoms with Crippen molar-refractivity contribution in [3.8, 4) is 0 Å². The van der Waals surface area contributed by atoms with Crippen molar-refractivity contribution in [3.63, 3.8) is 0 Å². The van der Waals surface area contributed by atoms with E-state index in [0.717, 1.165) is 17.7 Å². The Balaban J connectivity index is 2.87. The lowest BCUT2D eigenvalue weighted by Gasteiger charge is -2.04. The molecule has 0 bridgehead atoms. The van der Waals surface area contributed by atoms with E-state index < -0.39 is 0 Å². The number of hydrogen-bond acceptors (Lipinski definition) is 2. The molecular formula is C11H15N3S. The van der Waals surface area contributed by atoms with Crippen molar-refractivity contribution in [3.05, 3.63) is 35.4 Å². The summed E-state index contributed by atoms with van der Waals surface area (Å²) in [5, 5.41) is 4.33. The molecule has 15 heavy (non-hydrogen) atoms. The molecule has 1 rings (SSSR count). The van der Waals surface area contributed by atoms with Crippen molar-refractivity contribution in [2.75, 3.05) is 0 Å². The highest BCUT2D eigenvalue weighted by Crippen LogP contribution is 2.06. The van der Waals surface area contributed by atoms with E-state index in [2.05, 4.69) is 29.6 Å². The van der Waals surface area contributed by atoms with Crippen molar-refractivity contribution in [2.24, 2.45) is 10.8 Å². The average Bonchev–Trinajstić information content (AvgIpc) is 2.21. The van der Waals surface area contributed by atoms with E-state index in [1.807, 2.05) is 19.1 Å². The van der Waals surface area contributed by atoms with Crippen LogP contribution in [-0.4, -0.2) is 10.8 Å². The van der Waals surface area contributed by atoms with Gasteiger partial charge in [-0.1, -0.05) is 36.8 Å². The standard InChI is InChI=1S/C11H15N3S/c1-3-10(13-14-11(12)15)9-6-4-8(2)5-7-9/h4-7H,3H2,1-2H3,(H3,12,14,15)/b13-10+. The topological polar surface area (TPSA) is 50.4 Å². The van der Waals surface area contributed by atoms with Gasteiger partial charge in [0.05, 0.1) is 5.71 Å². The van der Waals surface area contributed by atoms with Gasteiger partial charge in [-0.05, 0) is 31.1 Å². The fourth-order valence-electron chi connectivity index (χ4n) is 1.22. The van der Waals surface area contributed by atoms with Gasteiger partial charge in [0.2, 0.25) is 0 Å². The smallest absolute Gasteiger partial charge is 0.184 e. The quantitative estimate of drug-likeness (QED) is 0.466. The summed E-state index contributed by atoms with van der Waals surface area (Å²) in [5.41, 5.74) is 11.2. The van der Waals surface area contributed by atoms with Gasteiger partial charge in [0.25, 0.3) is 0 Å². The fourth-order valence-corrected chi connectivity index (χ4v) is 1.26. The first kappa shape index (κ1) is 11.7. The first-order valence-electron chi connectivity index (χ1n) is 4.82. The molecular weight excluding hydrogens is 206 g/mol. The van der Waals surface area contributed by atoms with Crippen LogP contribution in [0.5, 0.6) is 0 Å². The highest BCUT2D eigenvalue weighted by atomic mass is 32.1. The van der Waals surface area contributed by atoms with Crippen LogP contribution in [-0.2, 0) is 0 Å². The Morgan fingerprint density at radius 1 is 1.40 bits per heavy atom. The minimum absolute atomic E-state index is 0.188. The molecule has 0 heterocycles. The molecule has 0 saturated heterocycles. The summed E-state index contributed by atoms with van der Waals surface area (Å²) < 4.78 is 0. The molecule has 0 unspecified atom stereocenters. The van der Waals surface area contributed by atoms with Gasteiger partial charge in [-0.25, -0.2) is 0 Å². The minimum atomic E-state index is 0.188. The normalized spacial score (nSPS) is 11.2. The molecule has 0 aliphatic heterocycles. The highest BCUT2D eigenvalue weighted by Gasteiger charge is 2.00. The van der Waals surface area contributed by atoms with Crippen LogP contribution in [0.2, 0.25) is 0 Å². The van der Waals surface area contributed by atoms with Crippen LogP contribution in [0.3, 0.4) is 0 Å². The van der Waals surface area contributed by atoms with E-state index >= 15 is 0 Å². The van der Waals surface area contributed by atoms with Crippen molar-refractivity contribution in [1.82, 2.24) is 5.43 Å². The maximum absolute atomic E-state index is 5.31. The highest BCUT2D eigenvalue weighted by molar-refractivity contribution is 7.80. The lowest BCUT2D eigenvalue weighted by atomic mass is 10.1. The van der Waals surface area contributed by atoms with Gasteiger partial charge in [0.1, 0.15) is 0 Å². The Morgan fingerprint density at radius 2 is 2.00 bits per heavy atom. The number of thiocarbonyl (C=S) groups is 1. The summed E-state index contributed by atoms with van der Waals surface area (Å²) in [5.74, 6) is 0. The van der Waals surface area contributed by atoms with Gasteiger partial charge in [-0.15, -0.1) is 0 Å². The lowest BCUT2D eigenvalue weighted by Crippen LogP contribution is -2.25. The van der Waals surface area contributed by atoms with Crippen LogP contribution in [0, 0.1) is 6.92 Å². The second kappa shape index (κ2) is 5.46. The van der Waals surface area contributed by atoms with Crippen molar-refractivity contribution in [1.29, 1.82) is 0 Å². The van der Waals surface area contributed by atoms with Crippen LogP contribution >= 0.6 is 12.2 Å². The Morgan fingerprint density at radius 3 is 2.47 bits per heavy atom. The summed E-state index contributed by atoms with van der Waals surface area (Å²) in [6.07, 6.45) is 0.832. The van der Waals surface area contributed by atoms with Gasteiger partial charge < -0.3 is 5.73 Å². The fraction of sp³-hybridized carbons (Fsp3) is 0.273. The van der Waals surface area contributed by atoms with E-state index in [0.29, 0.717) is 0 Å². The molecule has 0 amide bonds. The summed E-state index contributed by atoms with van der Waals surface area (Å²) in [7, 11) is 0. The summed E-state index contributed by atoms with van der Waals surface area (Å²) in [4.78, 5) is 0. The third-order valence-corrected chi connectivity index (χ3v) is 2.11. The number of nitrogens with two attached hydrogens (primary N) is 1. The Labute approximate surface area is 95.4 Å². The third-order valence-electron chi connectivity index (χ3n) is 2.02. The van der Waals surface area contributed by atoms with Gasteiger partial charge in [-0.3, -0.25) is 5.43 Å². The zero-order chi connectivity index (χ0) is 11.3. The largest absolute Gasteiger partial charge is 0.375 e. The van der Waals surface area contributed by atoms with Crippen LogP contribution in [0.4, 0.5) is 0 Å². The second-order valence-corrected chi connectivity index (χ2v) is 3.69. The first-order valence-corrected chi connectivity index (χ1v) is 5.23. The van der Waals surface area contributed by atoms with E-state index in [-0.39, 0.29) is 5.11 Å². The molecule has 0 aliphatic rings. The molecule has 0 aliphatic carbocycles. The van der Waals surface area contributed by atoms with Crippen molar-refractivity contribution in [2.45, 2.75) is 20.3 Å². The van der Waals surface area contributed by atoms with E-state index in [1.54, 1.807) is 0 Å². The van der Waals surface area contributed by atoms with Crippen LogP contribution in [0.1, 0.15) is 24.5 Å². The summed E-state index contributed by atoms with van der Waals surface area (Å²) in [6, 6.07) is 8.19. The predicted octanol–water partition coefficient (Wildman–Crippen LogP) is 1.94. The number of nitrogens with zero attached hydrogens (tertiary/aromatic N) is 1. The van der Waals surface area contributed by atoms with Crippen LogP contribution < -0.4 is 11.2 Å². The van der Waals surface area contributed by atoms with Crippen molar-refractivity contribution < 1.29 is 0 Å². The van der Waals surface area contributed by atoms with Crippen LogP contribution in [0.25, 0.3) is 0 Å². The number of hydrogen-bond donors (Lipinski definition) is 2. The number of rotatable bonds is 3. The predicted molar refractivity (Wildman–Crippen MR) is 67.9 cm³/mol. The Kier molecular flexibility index (Phi) is 4.24. The van der Waals surface area contributed by atoms with E-state index in [1.165, 1.54) is 5.56 Å². The average molecular weight is 221 g/mol. The van der Waals surface area contributed by atoms with E-state index in [9.17, 15) is 0 Å². The maximum atomic E-state index is 5.31. The Bertz CT molecular complexity index is 368. The molecule has 0 saturated carbocycles. The zero-order valence-corrected chi connectivity index (χ0v) is 9.77. The number of hydrazone groups is 1. The molecule has 1 aromatic rings. The van der Waals surface area contributed by atoms with Gasteiger partial charge in [0, 0.05) is 0 Å². The molecule has 1 aromatic carbocycles. The zero-order valence-electron chi connectivity index (χ0n) is 8.95. The number of aryl methyl sites for hydroxylation is 1. The molecule has 0 atom stereocenters. The number of benzene rings is 1. The van der Waals surface area contributed by atoms with Gasteiger partial charge in [0.15, 0.2) is 5.11 Å². The third kappa shape index (κ3) is 3.67. The minimum Gasteiger partial charge on any atom is -0.375 e. The van der Waals surface area contributed by atoms with E-state index in [4.69, 9.17) is 18.0 Å². The van der Waals surface area contributed by atoms with Crippen LogP contribution in [0.15, 0.2) is 29.4 Å². The molecule has 0 radical (unpaired) electrons. The molecule has 0 spiro atoms. The molecule has 3 nitrogen and oxygen atoms in total. The molecule has 0 aromatic heterocycles. The second-order valence-electron chi connectivity index (χ2n) is 3.25. The Hall–Kier alpha value is -1.42. The first-order chi connectivity index (χ1) is 7.13. The van der Waals surface area contributed by atoms with Gasteiger partial charge in [-0.2, -0.15) is 5.10 Å². The molecule has 4 heteroatoms. The van der Waals surface area contributed by atoms with Crippen molar-refractivity contribution >= 4 is 23.0 Å². The summed E-state index contributed by atoms with van der Waals surface area (Å²) in [6.45, 7) is 4.10. The van der Waals surface area contributed by atoms with Gasteiger partial charge >= 0.3 is 0 Å². The molecule has 80 valence electrons. The molecule has 0 fully saturated rings. The lowest BCUT2D eigenvalue weighted by molar-refractivity contribution is 1.01. The SMILES string of the molecule is CC/C(=N\NC(N)=S)c1ccc(C)cc1. The molecule has 3 N–H and O–H groups in total. The summed E-state index contributed by atoms with van der Waals surface area (Å²) >= 11 is 4.69. The monoisotopic (exact) mass is 221 g/mol.